The second-order valence-corrected chi connectivity index (χ2v) is 6.65. The highest BCUT2D eigenvalue weighted by Gasteiger charge is 2.14. The highest BCUT2D eigenvalue weighted by molar-refractivity contribution is 9.11. The Kier molecular flexibility index (Phi) is 5.24. The minimum absolute atomic E-state index is 0.0491. The van der Waals surface area contributed by atoms with Crippen LogP contribution in [0.25, 0.3) is 0 Å². The van der Waals surface area contributed by atoms with Crippen molar-refractivity contribution in [2.24, 2.45) is 0 Å². The van der Waals surface area contributed by atoms with Gasteiger partial charge in [0.05, 0.1) is 0 Å². The minimum Gasteiger partial charge on any atom is -0.337 e. The van der Waals surface area contributed by atoms with E-state index in [1.807, 2.05) is 30.3 Å². The Morgan fingerprint density at radius 3 is 2.35 bits per heavy atom. The van der Waals surface area contributed by atoms with Gasteiger partial charge in [0.2, 0.25) is 0 Å². The van der Waals surface area contributed by atoms with Gasteiger partial charge in [-0.2, -0.15) is 0 Å². The first-order valence-electron chi connectivity index (χ1n) is 5.92. The molecule has 0 aliphatic heterocycles. The van der Waals surface area contributed by atoms with Crippen molar-refractivity contribution in [2.45, 2.75) is 6.54 Å². The summed E-state index contributed by atoms with van der Waals surface area (Å²) in [6, 6.07) is 13.0. The Labute approximate surface area is 140 Å². The van der Waals surface area contributed by atoms with Crippen LogP contribution in [0.15, 0.2) is 51.4 Å². The van der Waals surface area contributed by atoms with Crippen molar-refractivity contribution in [1.82, 2.24) is 4.90 Å². The number of rotatable bonds is 3. The lowest BCUT2D eigenvalue weighted by atomic mass is 10.1. The molecule has 20 heavy (non-hydrogen) atoms. The van der Waals surface area contributed by atoms with Gasteiger partial charge in [-0.3, -0.25) is 4.79 Å². The molecular formula is C15H12Br2ClNO. The van der Waals surface area contributed by atoms with E-state index in [-0.39, 0.29) is 5.91 Å². The predicted molar refractivity (Wildman–Crippen MR) is 89.1 cm³/mol. The molecule has 0 aliphatic rings. The van der Waals surface area contributed by atoms with E-state index in [4.69, 9.17) is 11.6 Å². The molecule has 1 amide bonds. The molecule has 0 heterocycles. The molecule has 2 aromatic carbocycles. The molecule has 5 heteroatoms. The number of nitrogens with zero attached hydrogens (tertiary/aromatic N) is 1. The zero-order valence-corrected chi connectivity index (χ0v) is 14.7. The van der Waals surface area contributed by atoms with Crippen LogP contribution in [0.5, 0.6) is 0 Å². The summed E-state index contributed by atoms with van der Waals surface area (Å²) >= 11 is 12.9. The van der Waals surface area contributed by atoms with Gasteiger partial charge in [0.15, 0.2) is 0 Å². The Hall–Kier alpha value is -0.840. The fraction of sp³-hybridized carbons (Fsp3) is 0.133. The number of hydrogen-bond acceptors (Lipinski definition) is 1. The maximum absolute atomic E-state index is 12.4. The number of carbonyl (C=O) groups is 1. The lowest BCUT2D eigenvalue weighted by molar-refractivity contribution is 0.0785. The molecule has 0 aliphatic carbocycles. The van der Waals surface area contributed by atoms with Gasteiger partial charge in [-0.25, -0.2) is 0 Å². The highest BCUT2D eigenvalue weighted by atomic mass is 79.9. The predicted octanol–water partition coefficient (Wildman–Crippen LogP) is 5.14. The van der Waals surface area contributed by atoms with Crippen LogP contribution in [0.2, 0.25) is 5.02 Å². The summed E-state index contributed by atoms with van der Waals surface area (Å²) in [4.78, 5) is 14.1. The molecule has 2 aromatic rings. The molecule has 2 nitrogen and oxygen atoms in total. The van der Waals surface area contributed by atoms with Gasteiger partial charge >= 0.3 is 0 Å². The number of hydrogen-bond donors (Lipinski definition) is 0. The molecule has 104 valence electrons. The van der Waals surface area contributed by atoms with Crippen LogP contribution in [0.1, 0.15) is 15.9 Å². The average molecular weight is 418 g/mol. The van der Waals surface area contributed by atoms with Gasteiger partial charge in [-0.1, -0.05) is 61.7 Å². The van der Waals surface area contributed by atoms with E-state index in [9.17, 15) is 4.79 Å². The van der Waals surface area contributed by atoms with Crippen molar-refractivity contribution in [1.29, 1.82) is 0 Å². The quantitative estimate of drug-likeness (QED) is 0.677. The Morgan fingerprint density at radius 1 is 1.15 bits per heavy atom. The van der Waals surface area contributed by atoms with E-state index >= 15 is 0 Å². The summed E-state index contributed by atoms with van der Waals surface area (Å²) in [6.07, 6.45) is 0. The van der Waals surface area contributed by atoms with E-state index in [0.717, 1.165) is 14.5 Å². The number of benzene rings is 2. The lowest BCUT2D eigenvalue weighted by Crippen LogP contribution is -2.26. The maximum Gasteiger partial charge on any atom is 0.253 e. The normalized spacial score (nSPS) is 10.4. The van der Waals surface area contributed by atoms with Gasteiger partial charge in [0.1, 0.15) is 0 Å². The molecule has 0 radical (unpaired) electrons. The molecule has 0 saturated heterocycles. The molecule has 0 saturated carbocycles. The molecule has 0 atom stereocenters. The maximum atomic E-state index is 12.4. The molecule has 0 aromatic heterocycles. The van der Waals surface area contributed by atoms with Gasteiger partial charge in [0.25, 0.3) is 5.91 Å². The Bertz CT molecular complexity index is 625. The van der Waals surface area contributed by atoms with Crippen molar-refractivity contribution in [3.63, 3.8) is 0 Å². The minimum atomic E-state index is -0.0491. The Morgan fingerprint density at radius 2 is 1.75 bits per heavy atom. The van der Waals surface area contributed by atoms with Gasteiger partial charge in [-0.05, 0) is 29.8 Å². The molecule has 0 fully saturated rings. The number of amides is 1. The average Bonchev–Trinajstić information content (AvgIpc) is 2.39. The first kappa shape index (κ1) is 15.5. The summed E-state index contributed by atoms with van der Waals surface area (Å²) in [5, 5.41) is 0.669. The second kappa shape index (κ2) is 6.74. The van der Waals surface area contributed by atoms with E-state index in [1.165, 1.54) is 0 Å². The molecule has 0 bridgehead atoms. The first-order chi connectivity index (χ1) is 9.47. The smallest absolute Gasteiger partial charge is 0.253 e. The van der Waals surface area contributed by atoms with Crippen molar-refractivity contribution in [3.05, 3.63) is 67.6 Å². The monoisotopic (exact) mass is 415 g/mol. The van der Waals surface area contributed by atoms with Crippen molar-refractivity contribution < 1.29 is 4.79 Å². The number of halogens is 3. The zero-order valence-electron chi connectivity index (χ0n) is 10.7. The van der Waals surface area contributed by atoms with Crippen LogP contribution in [0.4, 0.5) is 0 Å². The lowest BCUT2D eigenvalue weighted by Gasteiger charge is -2.18. The van der Waals surface area contributed by atoms with E-state index in [1.54, 1.807) is 24.1 Å². The molecule has 2 rings (SSSR count). The van der Waals surface area contributed by atoms with Crippen LogP contribution in [0, 0.1) is 0 Å². The summed E-state index contributed by atoms with van der Waals surface area (Å²) in [5.74, 6) is -0.0491. The topological polar surface area (TPSA) is 20.3 Å². The second-order valence-electron chi connectivity index (χ2n) is 4.41. The van der Waals surface area contributed by atoms with E-state index in [2.05, 4.69) is 31.9 Å². The third-order valence-corrected chi connectivity index (χ3v) is 4.11. The van der Waals surface area contributed by atoms with Crippen molar-refractivity contribution in [2.75, 3.05) is 7.05 Å². The summed E-state index contributed by atoms with van der Waals surface area (Å²) in [7, 11) is 1.76. The fourth-order valence-electron chi connectivity index (χ4n) is 1.85. The SMILES string of the molecule is CN(Cc1ccccc1Cl)C(=O)c1cc(Br)cc(Br)c1. The van der Waals surface area contributed by atoms with Crippen LogP contribution in [0.3, 0.4) is 0 Å². The zero-order chi connectivity index (χ0) is 14.7. The van der Waals surface area contributed by atoms with Crippen molar-refractivity contribution >= 4 is 49.4 Å². The Balaban J connectivity index is 2.18. The van der Waals surface area contributed by atoms with E-state index < -0.39 is 0 Å². The van der Waals surface area contributed by atoms with Gasteiger partial charge in [0, 0.05) is 33.1 Å². The summed E-state index contributed by atoms with van der Waals surface area (Å²) in [6.45, 7) is 0.475. The summed E-state index contributed by atoms with van der Waals surface area (Å²) in [5.41, 5.74) is 1.56. The van der Waals surface area contributed by atoms with Crippen LogP contribution in [-0.4, -0.2) is 17.9 Å². The van der Waals surface area contributed by atoms with Gasteiger partial charge < -0.3 is 4.90 Å². The van der Waals surface area contributed by atoms with Crippen molar-refractivity contribution in [3.8, 4) is 0 Å². The number of carbonyl (C=O) groups excluding carboxylic acids is 1. The largest absolute Gasteiger partial charge is 0.337 e. The van der Waals surface area contributed by atoms with Crippen LogP contribution < -0.4 is 0 Å². The van der Waals surface area contributed by atoms with Gasteiger partial charge in [-0.15, -0.1) is 0 Å². The van der Waals surface area contributed by atoms with Crippen LogP contribution in [-0.2, 0) is 6.54 Å². The highest BCUT2D eigenvalue weighted by Crippen LogP contribution is 2.22. The molecular weight excluding hydrogens is 405 g/mol. The molecule has 0 spiro atoms. The summed E-state index contributed by atoms with van der Waals surface area (Å²) < 4.78 is 1.72. The molecule has 0 unspecified atom stereocenters. The third-order valence-electron chi connectivity index (χ3n) is 2.82. The fourth-order valence-corrected chi connectivity index (χ4v) is 3.34. The first-order valence-corrected chi connectivity index (χ1v) is 7.89. The van der Waals surface area contributed by atoms with E-state index in [0.29, 0.717) is 17.1 Å². The molecule has 0 N–H and O–H groups in total. The third kappa shape index (κ3) is 3.84. The van der Waals surface area contributed by atoms with Crippen LogP contribution >= 0.6 is 43.5 Å². The standard InChI is InChI=1S/C15H12Br2ClNO/c1-19(9-10-4-2-3-5-14(10)18)15(20)11-6-12(16)8-13(17)7-11/h2-8H,9H2,1H3.